The van der Waals surface area contributed by atoms with Crippen LogP contribution in [0.3, 0.4) is 0 Å². The number of amides is 2. The monoisotopic (exact) mass is 233 g/mol. The predicted octanol–water partition coefficient (Wildman–Crippen LogP) is 1.50. The Labute approximate surface area is 102 Å². The number of urea groups is 1. The minimum atomic E-state index is -0.0761. The molecular weight excluding hydrogens is 214 g/mol. The molecule has 0 heterocycles. The van der Waals surface area contributed by atoms with Gasteiger partial charge in [-0.05, 0) is 30.4 Å². The number of carbonyl (C=O) groups excluding carboxylic acids is 1. The number of benzene rings is 1. The summed E-state index contributed by atoms with van der Waals surface area (Å²) in [5, 5.41) is 5.80. The van der Waals surface area contributed by atoms with Crippen molar-refractivity contribution in [1.82, 2.24) is 10.6 Å². The van der Waals surface area contributed by atoms with Crippen molar-refractivity contribution in [2.24, 2.45) is 5.73 Å². The molecule has 2 amide bonds. The summed E-state index contributed by atoms with van der Waals surface area (Å²) in [5.41, 5.74) is 7.73. The Balaban J connectivity index is 1.77. The summed E-state index contributed by atoms with van der Waals surface area (Å²) in [6.45, 7) is 1.08. The Hall–Kier alpha value is -1.55. The van der Waals surface area contributed by atoms with E-state index < -0.39 is 0 Å². The summed E-state index contributed by atoms with van der Waals surface area (Å²) in [7, 11) is 0. The lowest BCUT2D eigenvalue weighted by Gasteiger charge is -2.26. The zero-order valence-corrected chi connectivity index (χ0v) is 9.91. The molecule has 0 aromatic heterocycles. The highest BCUT2D eigenvalue weighted by molar-refractivity contribution is 5.74. The molecule has 0 saturated heterocycles. The SMILES string of the molecule is NCc1cccc(CNC(=O)NC2CCC2)c1. The van der Waals surface area contributed by atoms with E-state index in [9.17, 15) is 4.79 Å². The minimum absolute atomic E-state index is 0.0761. The van der Waals surface area contributed by atoms with Crippen LogP contribution in [0.2, 0.25) is 0 Å². The Bertz CT molecular complexity index is 388. The van der Waals surface area contributed by atoms with E-state index in [4.69, 9.17) is 5.73 Å². The van der Waals surface area contributed by atoms with Crippen molar-refractivity contribution in [2.75, 3.05) is 0 Å². The second-order valence-electron chi connectivity index (χ2n) is 4.48. The molecule has 0 aliphatic heterocycles. The number of hydrogen-bond acceptors (Lipinski definition) is 2. The first-order chi connectivity index (χ1) is 8.28. The third-order valence-corrected chi connectivity index (χ3v) is 3.12. The third-order valence-electron chi connectivity index (χ3n) is 3.12. The van der Waals surface area contributed by atoms with Crippen molar-refractivity contribution in [3.63, 3.8) is 0 Å². The maximum absolute atomic E-state index is 11.5. The summed E-state index contributed by atoms with van der Waals surface area (Å²) in [6, 6.07) is 8.26. The summed E-state index contributed by atoms with van der Waals surface area (Å²) >= 11 is 0. The van der Waals surface area contributed by atoms with Crippen molar-refractivity contribution < 1.29 is 4.79 Å². The summed E-state index contributed by atoms with van der Waals surface area (Å²) in [4.78, 5) is 11.5. The Morgan fingerprint density at radius 2 is 2.12 bits per heavy atom. The largest absolute Gasteiger partial charge is 0.335 e. The van der Waals surface area contributed by atoms with Crippen molar-refractivity contribution in [3.8, 4) is 0 Å². The zero-order valence-electron chi connectivity index (χ0n) is 9.91. The highest BCUT2D eigenvalue weighted by atomic mass is 16.2. The van der Waals surface area contributed by atoms with Gasteiger partial charge < -0.3 is 16.4 Å². The van der Waals surface area contributed by atoms with Crippen molar-refractivity contribution in [2.45, 2.75) is 38.4 Å². The molecule has 1 aliphatic carbocycles. The Kier molecular flexibility index (Phi) is 3.98. The molecule has 4 N–H and O–H groups in total. The molecule has 0 spiro atoms. The first-order valence-electron chi connectivity index (χ1n) is 6.10. The standard InChI is InChI=1S/C13H19N3O/c14-8-10-3-1-4-11(7-10)9-15-13(17)16-12-5-2-6-12/h1,3-4,7,12H,2,5-6,8-9,14H2,(H2,15,16,17). The average Bonchev–Trinajstić information content (AvgIpc) is 2.31. The van der Waals surface area contributed by atoms with Crippen LogP contribution in [0.25, 0.3) is 0 Å². The molecule has 17 heavy (non-hydrogen) atoms. The highest BCUT2D eigenvalue weighted by Gasteiger charge is 2.18. The zero-order chi connectivity index (χ0) is 12.1. The van der Waals surface area contributed by atoms with Gasteiger partial charge in [0.05, 0.1) is 0 Å². The summed E-state index contributed by atoms with van der Waals surface area (Å²) in [6.07, 6.45) is 3.44. The van der Waals surface area contributed by atoms with Crippen LogP contribution in [-0.4, -0.2) is 12.1 Å². The number of nitrogens with two attached hydrogens (primary N) is 1. The van der Waals surface area contributed by atoms with E-state index in [2.05, 4.69) is 10.6 Å². The van der Waals surface area contributed by atoms with Crippen LogP contribution < -0.4 is 16.4 Å². The van der Waals surface area contributed by atoms with E-state index in [-0.39, 0.29) is 6.03 Å². The van der Waals surface area contributed by atoms with Gasteiger partial charge in [0, 0.05) is 19.1 Å². The van der Waals surface area contributed by atoms with Gasteiger partial charge in [-0.25, -0.2) is 4.79 Å². The molecule has 1 fully saturated rings. The first-order valence-corrected chi connectivity index (χ1v) is 6.10. The maximum Gasteiger partial charge on any atom is 0.315 e. The van der Waals surface area contributed by atoms with Crippen molar-refractivity contribution >= 4 is 6.03 Å². The van der Waals surface area contributed by atoms with E-state index >= 15 is 0 Å². The fourth-order valence-corrected chi connectivity index (χ4v) is 1.84. The van der Waals surface area contributed by atoms with Crippen LogP contribution >= 0.6 is 0 Å². The smallest absolute Gasteiger partial charge is 0.315 e. The van der Waals surface area contributed by atoms with Gasteiger partial charge in [-0.1, -0.05) is 24.3 Å². The molecule has 0 bridgehead atoms. The lowest BCUT2D eigenvalue weighted by Crippen LogP contribution is -2.44. The first kappa shape index (κ1) is 11.9. The molecule has 0 radical (unpaired) electrons. The molecule has 0 atom stereocenters. The van der Waals surface area contributed by atoms with E-state index in [0.717, 1.165) is 24.0 Å². The van der Waals surface area contributed by atoms with Gasteiger partial charge >= 0.3 is 6.03 Å². The summed E-state index contributed by atoms with van der Waals surface area (Å²) in [5.74, 6) is 0. The van der Waals surface area contributed by atoms with E-state index in [1.54, 1.807) is 0 Å². The second-order valence-corrected chi connectivity index (χ2v) is 4.48. The van der Waals surface area contributed by atoms with E-state index in [1.807, 2.05) is 24.3 Å². The van der Waals surface area contributed by atoms with Crippen LogP contribution in [0, 0.1) is 0 Å². The molecule has 1 saturated carbocycles. The minimum Gasteiger partial charge on any atom is -0.335 e. The molecule has 4 nitrogen and oxygen atoms in total. The van der Waals surface area contributed by atoms with E-state index in [1.165, 1.54) is 6.42 Å². The van der Waals surface area contributed by atoms with Gasteiger partial charge in [0.1, 0.15) is 0 Å². The number of nitrogens with one attached hydrogen (secondary N) is 2. The van der Waals surface area contributed by atoms with Gasteiger partial charge in [0.25, 0.3) is 0 Å². The highest BCUT2D eigenvalue weighted by Crippen LogP contribution is 2.17. The Morgan fingerprint density at radius 3 is 2.76 bits per heavy atom. The molecule has 1 aromatic rings. The maximum atomic E-state index is 11.5. The summed E-state index contributed by atoms with van der Waals surface area (Å²) < 4.78 is 0. The van der Waals surface area contributed by atoms with E-state index in [0.29, 0.717) is 19.1 Å². The van der Waals surface area contributed by atoms with Crippen molar-refractivity contribution in [3.05, 3.63) is 35.4 Å². The van der Waals surface area contributed by atoms with Crippen LogP contribution in [0.4, 0.5) is 4.79 Å². The molecule has 2 rings (SSSR count). The van der Waals surface area contributed by atoms with Crippen LogP contribution in [0.15, 0.2) is 24.3 Å². The number of carbonyl (C=O) groups is 1. The fraction of sp³-hybridized carbons (Fsp3) is 0.462. The van der Waals surface area contributed by atoms with Crippen LogP contribution in [0.1, 0.15) is 30.4 Å². The van der Waals surface area contributed by atoms with Gasteiger partial charge in [-0.2, -0.15) is 0 Å². The average molecular weight is 233 g/mol. The quantitative estimate of drug-likeness (QED) is 0.737. The molecule has 4 heteroatoms. The molecular formula is C13H19N3O. The van der Waals surface area contributed by atoms with Gasteiger partial charge in [-0.3, -0.25) is 0 Å². The molecule has 1 aliphatic rings. The third kappa shape index (κ3) is 3.46. The van der Waals surface area contributed by atoms with Gasteiger partial charge in [-0.15, -0.1) is 0 Å². The second kappa shape index (κ2) is 5.68. The normalized spacial score (nSPS) is 15.1. The topological polar surface area (TPSA) is 67.1 Å². The van der Waals surface area contributed by atoms with Crippen LogP contribution in [-0.2, 0) is 13.1 Å². The van der Waals surface area contributed by atoms with Crippen molar-refractivity contribution in [1.29, 1.82) is 0 Å². The lowest BCUT2D eigenvalue weighted by molar-refractivity contribution is 0.228. The van der Waals surface area contributed by atoms with Crippen LogP contribution in [0.5, 0.6) is 0 Å². The number of hydrogen-bond donors (Lipinski definition) is 3. The fourth-order valence-electron chi connectivity index (χ4n) is 1.84. The Morgan fingerprint density at radius 1 is 1.35 bits per heavy atom. The predicted molar refractivity (Wildman–Crippen MR) is 67.3 cm³/mol. The van der Waals surface area contributed by atoms with Gasteiger partial charge in [0.15, 0.2) is 0 Å². The molecule has 0 unspecified atom stereocenters. The molecule has 92 valence electrons. The number of rotatable bonds is 4. The lowest BCUT2D eigenvalue weighted by atomic mass is 9.93. The molecule has 1 aromatic carbocycles. The van der Waals surface area contributed by atoms with Gasteiger partial charge in [0.2, 0.25) is 0 Å².